The van der Waals surface area contributed by atoms with Crippen molar-refractivity contribution in [3.63, 3.8) is 0 Å². The minimum Gasteiger partial charge on any atom is -0.390 e. The molecule has 2 rings (SSSR count). The van der Waals surface area contributed by atoms with Crippen molar-refractivity contribution >= 4 is 10.0 Å². The molecule has 1 aliphatic heterocycles. The Labute approximate surface area is 119 Å². The van der Waals surface area contributed by atoms with Gasteiger partial charge in [0.25, 0.3) is 0 Å². The molecule has 1 aromatic rings. The minimum atomic E-state index is -3.66. The molecule has 0 radical (unpaired) electrons. The monoisotopic (exact) mass is 303 g/mol. The summed E-state index contributed by atoms with van der Waals surface area (Å²) in [5.74, 6) is 0.328. The first-order chi connectivity index (χ1) is 9.41. The fourth-order valence-corrected chi connectivity index (χ4v) is 4.37. The Hall–Kier alpha value is -0.960. The van der Waals surface area contributed by atoms with Crippen LogP contribution in [0.15, 0.2) is 4.90 Å². The molecule has 7 nitrogen and oxygen atoms in total. The van der Waals surface area contributed by atoms with Crippen molar-refractivity contribution in [3.05, 3.63) is 11.4 Å². The van der Waals surface area contributed by atoms with Gasteiger partial charge >= 0.3 is 0 Å². The number of methoxy groups -OCH3 is 1. The second kappa shape index (κ2) is 5.80. The van der Waals surface area contributed by atoms with Gasteiger partial charge in [0.05, 0.1) is 18.4 Å². The maximum atomic E-state index is 12.7. The van der Waals surface area contributed by atoms with Gasteiger partial charge in [-0.25, -0.2) is 8.42 Å². The van der Waals surface area contributed by atoms with Crippen molar-refractivity contribution in [1.82, 2.24) is 14.5 Å². The van der Waals surface area contributed by atoms with E-state index in [0.29, 0.717) is 24.7 Å². The highest BCUT2D eigenvalue weighted by Gasteiger charge is 2.36. The highest BCUT2D eigenvalue weighted by atomic mass is 32.2. The number of piperidine rings is 1. The van der Waals surface area contributed by atoms with Gasteiger partial charge in [0.2, 0.25) is 10.0 Å². The van der Waals surface area contributed by atoms with E-state index in [1.54, 1.807) is 14.0 Å². The SMILES string of the molecule is COC1CN(S(=O)(=O)c2c(CO)n[nH]c2C)CCC1C. The van der Waals surface area contributed by atoms with Crippen LogP contribution < -0.4 is 0 Å². The lowest BCUT2D eigenvalue weighted by atomic mass is 9.97. The van der Waals surface area contributed by atoms with Crippen LogP contribution in [0.25, 0.3) is 0 Å². The van der Waals surface area contributed by atoms with Crippen LogP contribution in [0.4, 0.5) is 0 Å². The zero-order valence-corrected chi connectivity index (χ0v) is 12.8. The Morgan fingerprint density at radius 2 is 2.25 bits per heavy atom. The number of aliphatic hydroxyl groups is 1. The van der Waals surface area contributed by atoms with Gasteiger partial charge in [-0.3, -0.25) is 5.10 Å². The van der Waals surface area contributed by atoms with Crippen LogP contribution in [0.1, 0.15) is 24.7 Å². The number of aryl methyl sites for hydroxylation is 1. The number of hydrogen-bond acceptors (Lipinski definition) is 5. The molecule has 114 valence electrons. The van der Waals surface area contributed by atoms with Crippen LogP contribution in [-0.4, -0.2) is 54.3 Å². The van der Waals surface area contributed by atoms with E-state index in [1.807, 2.05) is 0 Å². The van der Waals surface area contributed by atoms with Crippen molar-refractivity contribution in [2.45, 2.75) is 37.9 Å². The van der Waals surface area contributed by atoms with Gasteiger partial charge in [-0.05, 0) is 19.3 Å². The van der Waals surface area contributed by atoms with Crippen LogP contribution in [0, 0.1) is 12.8 Å². The van der Waals surface area contributed by atoms with E-state index in [-0.39, 0.29) is 16.7 Å². The molecule has 0 spiro atoms. The Bertz CT molecular complexity index is 569. The average Bonchev–Trinajstić information content (AvgIpc) is 2.80. The Morgan fingerprint density at radius 3 is 2.85 bits per heavy atom. The molecule has 1 aliphatic rings. The molecule has 2 heterocycles. The van der Waals surface area contributed by atoms with E-state index in [2.05, 4.69) is 17.1 Å². The van der Waals surface area contributed by atoms with Crippen molar-refractivity contribution in [2.75, 3.05) is 20.2 Å². The fraction of sp³-hybridized carbons (Fsp3) is 0.750. The maximum absolute atomic E-state index is 12.7. The lowest BCUT2D eigenvalue weighted by molar-refractivity contribution is 0.0183. The van der Waals surface area contributed by atoms with Gasteiger partial charge in [-0.15, -0.1) is 0 Å². The highest BCUT2D eigenvalue weighted by Crippen LogP contribution is 2.27. The van der Waals surface area contributed by atoms with E-state index in [0.717, 1.165) is 6.42 Å². The summed E-state index contributed by atoms with van der Waals surface area (Å²) in [4.78, 5) is 0.0874. The molecule has 2 unspecified atom stereocenters. The van der Waals surface area contributed by atoms with Crippen molar-refractivity contribution in [2.24, 2.45) is 5.92 Å². The summed E-state index contributed by atoms with van der Waals surface area (Å²) in [6, 6.07) is 0. The summed E-state index contributed by atoms with van der Waals surface area (Å²) in [7, 11) is -2.06. The molecule has 0 amide bonds. The maximum Gasteiger partial charge on any atom is 0.246 e. The molecule has 2 N–H and O–H groups in total. The molecule has 0 saturated carbocycles. The summed E-state index contributed by atoms with van der Waals surface area (Å²) in [6.45, 7) is 4.07. The second-order valence-electron chi connectivity index (χ2n) is 5.19. The molecular formula is C12H21N3O4S. The lowest BCUT2D eigenvalue weighted by Crippen LogP contribution is -2.46. The standard InChI is InChI=1S/C12H21N3O4S/c1-8-4-5-15(6-11(8)19-3)20(17,18)12-9(2)13-14-10(12)7-16/h8,11,16H,4-7H2,1-3H3,(H,13,14). The average molecular weight is 303 g/mol. The van der Waals surface area contributed by atoms with E-state index < -0.39 is 16.6 Å². The molecule has 1 fully saturated rings. The number of aromatic amines is 1. The van der Waals surface area contributed by atoms with Gasteiger partial charge in [0.1, 0.15) is 10.6 Å². The van der Waals surface area contributed by atoms with Crippen LogP contribution in [0.5, 0.6) is 0 Å². The number of aromatic nitrogens is 2. The van der Waals surface area contributed by atoms with Crippen molar-refractivity contribution in [3.8, 4) is 0 Å². The van der Waals surface area contributed by atoms with E-state index in [1.165, 1.54) is 4.31 Å². The molecule has 1 saturated heterocycles. The van der Waals surface area contributed by atoms with E-state index in [4.69, 9.17) is 4.74 Å². The third-order valence-corrected chi connectivity index (χ3v) is 5.93. The zero-order valence-electron chi connectivity index (χ0n) is 12.0. The van der Waals surface area contributed by atoms with Gasteiger partial charge in [-0.2, -0.15) is 9.40 Å². The number of sulfonamides is 1. The normalized spacial score (nSPS) is 25.0. The van der Waals surface area contributed by atoms with Gasteiger partial charge < -0.3 is 9.84 Å². The zero-order chi connectivity index (χ0) is 14.9. The smallest absolute Gasteiger partial charge is 0.246 e. The Kier molecular flexibility index (Phi) is 4.48. The first-order valence-corrected chi connectivity index (χ1v) is 8.03. The summed E-state index contributed by atoms with van der Waals surface area (Å²) >= 11 is 0. The number of aliphatic hydroxyl groups excluding tert-OH is 1. The van der Waals surface area contributed by atoms with E-state index in [9.17, 15) is 13.5 Å². The third-order valence-electron chi connectivity index (χ3n) is 3.86. The number of ether oxygens (including phenoxy) is 1. The number of nitrogens with one attached hydrogen (secondary N) is 1. The number of rotatable bonds is 4. The van der Waals surface area contributed by atoms with Crippen molar-refractivity contribution in [1.29, 1.82) is 0 Å². The van der Waals surface area contributed by atoms with Gasteiger partial charge in [0.15, 0.2) is 0 Å². The second-order valence-corrected chi connectivity index (χ2v) is 7.06. The third kappa shape index (κ3) is 2.60. The summed E-state index contributed by atoms with van der Waals surface area (Å²) in [6.07, 6.45) is 0.645. The van der Waals surface area contributed by atoms with E-state index >= 15 is 0 Å². The molecular weight excluding hydrogens is 282 g/mol. The quantitative estimate of drug-likeness (QED) is 0.831. The minimum absolute atomic E-state index is 0.0874. The molecule has 0 bridgehead atoms. The van der Waals surface area contributed by atoms with Crippen LogP contribution >= 0.6 is 0 Å². The lowest BCUT2D eigenvalue weighted by Gasteiger charge is -2.35. The number of H-pyrrole nitrogens is 1. The predicted octanol–water partition coefficient (Wildman–Crippen LogP) is 0.256. The number of hydrogen-bond donors (Lipinski definition) is 2. The summed E-state index contributed by atoms with van der Waals surface area (Å²) in [5.41, 5.74) is 0.608. The van der Waals surface area contributed by atoms with Gasteiger partial charge in [-0.1, -0.05) is 6.92 Å². The van der Waals surface area contributed by atoms with Crippen LogP contribution in [-0.2, 0) is 21.4 Å². The Balaban J connectivity index is 2.33. The molecule has 8 heteroatoms. The molecule has 20 heavy (non-hydrogen) atoms. The number of nitrogens with zero attached hydrogens (tertiary/aromatic N) is 2. The van der Waals surface area contributed by atoms with Crippen molar-refractivity contribution < 1.29 is 18.3 Å². The summed E-state index contributed by atoms with van der Waals surface area (Å²) < 4.78 is 32.2. The Morgan fingerprint density at radius 1 is 1.55 bits per heavy atom. The van der Waals surface area contributed by atoms with Crippen LogP contribution in [0.3, 0.4) is 0 Å². The highest BCUT2D eigenvalue weighted by molar-refractivity contribution is 7.89. The largest absolute Gasteiger partial charge is 0.390 e. The molecule has 0 aliphatic carbocycles. The first-order valence-electron chi connectivity index (χ1n) is 6.59. The fourth-order valence-electron chi connectivity index (χ4n) is 2.58. The predicted molar refractivity (Wildman–Crippen MR) is 72.6 cm³/mol. The summed E-state index contributed by atoms with van der Waals surface area (Å²) in [5, 5.41) is 15.7. The molecule has 2 atom stereocenters. The molecule has 0 aromatic carbocycles. The first kappa shape index (κ1) is 15.4. The molecule has 1 aromatic heterocycles. The van der Waals surface area contributed by atoms with Crippen LogP contribution in [0.2, 0.25) is 0 Å². The topological polar surface area (TPSA) is 95.5 Å². The van der Waals surface area contributed by atoms with Gasteiger partial charge in [0, 0.05) is 20.2 Å².